The summed E-state index contributed by atoms with van der Waals surface area (Å²) < 4.78 is 10.1. The molecule has 5 heteroatoms. The molecule has 0 aliphatic carbocycles. The van der Waals surface area contributed by atoms with Gasteiger partial charge in [-0.15, -0.1) is 0 Å². The first kappa shape index (κ1) is 15.3. The van der Waals surface area contributed by atoms with Crippen LogP contribution in [0.25, 0.3) is 0 Å². The number of carbonyl (C=O) groups is 1. The summed E-state index contributed by atoms with van der Waals surface area (Å²) in [5.74, 6) is -0.0950. The van der Waals surface area contributed by atoms with Crippen LogP contribution >= 0.6 is 0 Å². The first-order valence-corrected chi connectivity index (χ1v) is 5.39. The van der Waals surface area contributed by atoms with E-state index in [0.717, 1.165) is 0 Å². The fraction of sp³-hybridized carbons (Fsp3) is 0.909. The van der Waals surface area contributed by atoms with E-state index >= 15 is 0 Å². The van der Waals surface area contributed by atoms with E-state index in [1.54, 1.807) is 14.2 Å². The van der Waals surface area contributed by atoms with Gasteiger partial charge in [0.05, 0.1) is 24.7 Å². The molecule has 96 valence electrons. The van der Waals surface area contributed by atoms with Crippen molar-refractivity contribution in [3.63, 3.8) is 0 Å². The third-order valence-electron chi connectivity index (χ3n) is 2.35. The number of carbonyl (C=O) groups excluding carboxylic acids is 1. The van der Waals surface area contributed by atoms with Crippen LogP contribution in [0.3, 0.4) is 0 Å². The number of aliphatic hydroxyl groups is 1. The average molecular weight is 233 g/mol. The summed E-state index contributed by atoms with van der Waals surface area (Å²) in [4.78, 5) is 11.6. The largest absolute Gasteiger partial charge is 0.396 e. The van der Waals surface area contributed by atoms with Crippen LogP contribution in [-0.2, 0) is 14.3 Å². The van der Waals surface area contributed by atoms with E-state index in [2.05, 4.69) is 5.32 Å². The maximum absolute atomic E-state index is 11.6. The van der Waals surface area contributed by atoms with E-state index in [1.807, 2.05) is 13.8 Å². The summed E-state index contributed by atoms with van der Waals surface area (Å²) in [6.45, 7) is 4.13. The first-order valence-electron chi connectivity index (χ1n) is 5.39. The number of hydrogen-bond acceptors (Lipinski definition) is 4. The number of amides is 1. The van der Waals surface area contributed by atoms with Crippen LogP contribution in [0, 0.1) is 0 Å². The van der Waals surface area contributed by atoms with Crippen molar-refractivity contribution in [3.8, 4) is 0 Å². The molecule has 0 aromatic carbocycles. The van der Waals surface area contributed by atoms with Gasteiger partial charge in [0, 0.05) is 20.8 Å². The van der Waals surface area contributed by atoms with Crippen LogP contribution in [0.15, 0.2) is 0 Å². The van der Waals surface area contributed by atoms with Gasteiger partial charge in [-0.1, -0.05) is 0 Å². The molecule has 0 fully saturated rings. The monoisotopic (exact) mass is 233 g/mol. The Balaban J connectivity index is 4.08. The Morgan fingerprint density at radius 3 is 2.50 bits per heavy atom. The summed E-state index contributed by atoms with van der Waals surface area (Å²) in [6.07, 6.45) is 0.780. The summed E-state index contributed by atoms with van der Waals surface area (Å²) >= 11 is 0. The Labute approximate surface area is 97.1 Å². The van der Waals surface area contributed by atoms with Crippen LogP contribution in [-0.4, -0.2) is 50.1 Å². The molecule has 0 radical (unpaired) electrons. The lowest BCUT2D eigenvalue weighted by atomic mass is 10.0. The lowest BCUT2D eigenvalue weighted by molar-refractivity contribution is -0.127. The summed E-state index contributed by atoms with van der Waals surface area (Å²) in [5.41, 5.74) is -0.471. The highest BCUT2D eigenvalue weighted by molar-refractivity contribution is 5.77. The molecular formula is C11H23NO4. The Kier molecular flexibility index (Phi) is 7.29. The van der Waals surface area contributed by atoms with Crippen LogP contribution in [0.2, 0.25) is 0 Å². The normalized spacial score (nSPS) is 13.6. The predicted octanol–water partition coefficient (Wildman–Crippen LogP) is 0.315. The third-order valence-corrected chi connectivity index (χ3v) is 2.35. The highest BCUT2D eigenvalue weighted by atomic mass is 16.5. The molecule has 16 heavy (non-hydrogen) atoms. The second kappa shape index (κ2) is 7.60. The van der Waals surface area contributed by atoms with E-state index < -0.39 is 5.60 Å². The van der Waals surface area contributed by atoms with E-state index in [1.165, 1.54) is 0 Å². The van der Waals surface area contributed by atoms with Gasteiger partial charge in [0.15, 0.2) is 0 Å². The van der Waals surface area contributed by atoms with Crippen molar-refractivity contribution in [2.45, 2.75) is 38.3 Å². The molecule has 0 aliphatic heterocycles. The van der Waals surface area contributed by atoms with Crippen molar-refractivity contribution in [2.24, 2.45) is 0 Å². The Morgan fingerprint density at radius 2 is 2.06 bits per heavy atom. The molecule has 0 rings (SSSR count). The molecule has 0 saturated carbocycles. The van der Waals surface area contributed by atoms with Crippen molar-refractivity contribution < 1.29 is 19.4 Å². The molecule has 0 bridgehead atoms. The molecular weight excluding hydrogens is 210 g/mol. The minimum atomic E-state index is -0.471. The summed E-state index contributed by atoms with van der Waals surface area (Å²) in [6, 6.07) is -0.143. The zero-order valence-corrected chi connectivity index (χ0v) is 10.6. The molecule has 1 amide bonds. The highest BCUT2D eigenvalue weighted by Gasteiger charge is 2.22. The zero-order valence-electron chi connectivity index (χ0n) is 10.6. The van der Waals surface area contributed by atoms with Gasteiger partial charge in [0.25, 0.3) is 0 Å². The molecule has 0 saturated heterocycles. The molecule has 0 aromatic heterocycles. The molecule has 0 heterocycles. The van der Waals surface area contributed by atoms with Crippen molar-refractivity contribution in [3.05, 3.63) is 0 Å². The van der Waals surface area contributed by atoms with Gasteiger partial charge in [0.2, 0.25) is 5.91 Å². The van der Waals surface area contributed by atoms with Crippen LogP contribution in [0.4, 0.5) is 0 Å². The topological polar surface area (TPSA) is 67.8 Å². The van der Waals surface area contributed by atoms with Crippen LogP contribution < -0.4 is 5.32 Å². The van der Waals surface area contributed by atoms with Crippen molar-refractivity contribution in [2.75, 3.05) is 27.4 Å². The molecule has 0 aromatic rings. The number of methoxy groups -OCH3 is 2. The predicted molar refractivity (Wildman–Crippen MR) is 61.2 cm³/mol. The van der Waals surface area contributed by atoms with Crippen molar-refractivity contribution in [1.29, 1.82) is 0 Å². The smallest absolute Gasteiger partial charge is 0.223 e. The number of rotatable bonds is 8. The second-order valence-corrected chi connectivity index (χ2v) is 4.37. The number of nitrogens with one attached hydrogen (secondary N) is 1. The fourth-order valence-electron chi connectivity index (χ4n) is 1.29. The lowest BCUT2D eigenvalue weighted by Gasteiger charge is -2.24. The number of aliphatic hydroxyl groups excluding tert-OH is 1. The van der Waals surface area contributed by atoms with E-state index in [9.17, 15) is 4.79 Å². The van der Waals surface area contributed by atoms with E-state index in [-0.39, 0.29) is 25.0 Å². The van der Waals surface area contributed by atoms with Gasteiger partial charge < -0.3 is 19.9 Å². The Morgan fingerprint density at radius 1 is 1.44 bits per heavy atom. The molecule has 2 N–H and O–H groups in total. The fourth-order valence-corrected chi connectivity index (χ4v) is 1.29. The highest BCUT2D eigenvalue weighted by Crippen LogP contribution is 2.12. The summed E-state index contributed by atoms with van der Waals surface area (Å²) in [7, 11) is 3.14. The molecule has 0 spiro atoms. The summed E-state index contributed by atoms with van der Waals surface area (Å²) in [5, 5.41) is 11.6. The quantitative estimate of drug-likeness (QED) is 0.633. The van der Waals surface area contributed by atoms with Crippen molar-refractivity contribution >= 4 is 5.91 Å². The van der Waals surface area contributed by atoms with E-state index in [4.69, 9.17) is 14.6 Å². The molecule has 5 nitrogen and oxygen atoms in total. The van der Waals surface area contributed by atoms with Crippen molar-refractivity contribution in [1.82, 2.24) is 5.32 Å². The van der Waals surface area contributed by atoms with E-state index in [0.29, 0.717) is 13.0 Å². The molecule has 0 aliphatic rings. The molecule has 1 atom stereocenters. The maximum Gasteiger partial charge on any atom is 0.223 e. The van der Waals surface area contributed by atoms with Gasteiger partial charge in [-0.25, -0.2) is 0 Å². The Hall–Kier alpha value is -0.650. The van der Waals surface area contributed by atoms with Gasteiger partial charge in [-0.05, 0) is 20.3 Å². The second-order valence-electron chi connectivity index (χ2n) is 4.37. The first-order chi connectivity index (χ1) is 7.45. The van der Waals surface area contributed by atoms with Gasteiger partial charge >= 0.3 is 0 Å². The zero-order chi connectivity index (χ0) is 12.6. The maximum atomic E-state index is 11.6. The van der Waals surface area contributed by atoms with Gasteiger partial charge in [-0.3, -0.25) is 4.79 Å². The number of ether oxygens (including phenoxy) is 2. The third kappa shape index (κ3) is 6.76. The minimum absolute atomic E-state index is 0.0297. The molecule has 1 unspecified atom stereocenters. The standard InChI is InChI=1S/C11H23NO4/c1-11(2,16-4)7-10(14)12-9(5-6-13)8-15-3/h9,13H,5-8H2,1-4H3,(H,12,14). The average Bonchev–Trinajstić information content (AvgIpc) is 2.17. The Bertz CT molecular complexity index is 200. The SMILES string of the molecule is COCC(CCO)NC(=O)CC(C)(C)OC. The van der Waals surface area contributed by atoms with Gasteiger partial charge in [-0.2, -0.15) is 0 Å². The lowest BCUT2D eigenvalue weighted by Crippen LogP contribution is -2.42. The number of hydrogen-bond donors (Lipinski definition) is 2. The van der Waals surface area contributed by atoms with Crippen LogP contribution in [0.5, 0.6) is 0 Å². The van der Waals surface area contributed by atoms with Gasteiger partial charge in [0.1, 0.15) is 0 Å². The van der Waals surface area contributed by atoms with Crippen LogP contribution in [0.1, 0.15) is 26.7 Å². The minimum Gasteiger partial charge on any atom is -0.396 e.